The highest BCUT2D eigenvalue weighted by atomic mass is 16.6. The summed E-state index contributed by atoms with van der Waals surface area (Å²) in [6.07, 6.45) is 0. The van der Waals surface area contributed by atoms with Gasteiger partial charge in [0.2, 0.25) is 0 Å². The third-order valence-electron chi connectivity index (χ3n) is 4.48. The molecule has 0 fully saturated rings. The third-order valence-corrected chi connectivity index (χ3v) is 4.48. The van der Waals surface area contributed by atoms with E-state index in [0.29, 0.717) is 11.1 Å². The molecular weight excluding hydrogens is 412 g/mol. The predicted molar refractivity (Wildman–Crippen MR) is 120 cm³/mol. The number of fused-ring (bicyclic) bond motifs is 1. The van der Waals surface area contributed by atoms with Gasteiger partial charge in [0.1, 0.15) is 11.3 Å². The van der Waals surface area contributed by atoms with Crippen molar-refractivity contribution in [3.05, 3.63) is 71.8 Å². The summed E-state index contributed by atoms with van der Waals surface area (Å²) in [6.45, 7) is -0.436. The molecule has 0 saturated carbocycles. The summed E-state index contributed by atoms with van der Waals surface area (Å²) in [7, 11) is 3.11. The summed E-state index contributed by atoms with van der Waals surface area (Å²) in [5.41, 5.74) is 11.4. The van der Waals surface area contributed by atoms with E-state index in [1.807, 2.05) is 12.1 Å². The minimum Gasteiger partial charge on any atom is -0.452 e. The van der Waals surface area contributed by atoms with Crippen molar-refractivity contribution in [3.8, 4) is 5.75 Å². The number of amides is 1. The van der Waals surface area contributed by atoms with E-state index in [2.05, 4.69) is 4.99 Å². The van der Waals surface area contributed by atoms with Crippen LogP contribution in [0.25, 0.3) is 10.8 Å². The van der Waals surface area contributed by atoms with Gasteiger partial charge in [0.15, 0.2) is 12.6 Å². The lowest BCUT2D eigenvalue weighted by molar-refractivity contribution is -0.131. The second kappa shape index (κ2) is 9.61. The van der Waals surface area contributed by atoms with E-state index in [-0.39, 0.29) is 28.7 Å². The summed E-state index contributed by atoms with van der Waals surface area (Å²) < 4.78 is 10.7. The van der Waals surface area contributed by atoms with Crippen LogP contribution in [0, 0.1) is 0 Å². The molecule has 0 aliphatic carbocycles. The fraction of sp³-hybridized carbons (Fsp3) is 0.130. The van der Waals surface area contributed by atoms with Crippen LogP contribution in [0.15, 0.2) is 65.7 Å². The largest absolute Gasteiger partial charge is 0.452 e. The number of nitrogens with zero attached hydrogens (tertiary/aromatic N) is 2. The molecule has 0 radical (unpaired) electrons. The van der Waals surface area contributed by atoms with E-state index in [4.69, 9.17) is 20.9 Å². The molecular formula is C23H22N4O5. The minimum atomic E-state index is -0.775. The molecule has 0 aromatic heterocycles. The molecule has 0 heterocycles. The molecule has 3 aromatic carbocycles. The van der Waals surface area contributed by atoms with Gasteiger partial charge in [-0.15, -0.1) is 0 Å². The molecule has 0 bridgehead atoms. The zero-order chi connectivity index (χ0) is 23.3. The van der Waals surface area contributed by atoms with Crippen molar-refractivity contribution in [2.75, 3.05) is 20.7 Å². The fourth-order valence-corrected chi connectivity index (χ4v) is 2.86. The van der Waals surface area contributed by atoms with Gasteiger partial charge in [-0.25, -0.2) is 14.6 Å². The van der Waals surface area contributed by atoms with Gasteiger partial charge in [-0.3, -0.25) is 4.79 Å². The van der Waals surface area contributed by atoms with E-state index in [1.165, 1.54) is 23.1 Å². The quantitative estimate of drug-likeness (QED) is 0.263. The molecule has 4 N–H and O–H groups in total. The van der Waals surface area contributed by atoms with E-state index in [0.717, 1.165) is 5.39 Å². The average Bonchev–Trinajstić information content (AvgIpc) is 2.77. The van der Waals surface area contributed by atoms with Gasteiger partial charge in [-0.05, 0) is 41.1 Å². The smallest absolute Gasteiger partial charge is 0.343 e. The van der Waals surface area contributed by atoms with Gasteiger partial charge >= 0.3 is 11.9 Å². The number of carbonyl (C=O) groups is 3. The maximum Gasteiger partial charge on any atom is 0.343 e. The first kappa shape index (κ1) is 22.3. The molecule has 0 aliphatic rings. The normalized spacial score (nSPS) is 10.3. The highest BCUT2D eigenvalue weighted by Gasteiger charge is 2.22. The Morgan fingerprint density at radius 1 is 0.906 bits per heavy atom. The molecule has 0 atom stereocenters. The van der Waals surface area contributed by atoms with Crippen LogP contribution in [-0.2, 0) is 9.53 Å². The van der Waals surface area contributed by atoms with Crippen LogP contribution < -0.4 is 16.2 Å². The topological polar surface area (TPSA) is 137 Å². The first-order valence-corrected chi connectivity index (χ1v) is 9.57. The van der Waals surface area contributed by atoms with E-state index >= 15 is 0 Å². The Hall–Kier alpha value is -4.40. The number of nitrogens with two attached hydrogens (primary N) is 2. The zero-order valence-electron chi connectivity index (χ0n) is 17.6. The molecule has 9 nitrogen and oxygen atoms in total. The van der Waals surface area contributed by atoms with Gasteiger partial charge in [-0.1, -0.05) is 30.3 Å². The number of esters is 2. The first-order valence-electron chi connectivity index (χ1n) is 9.57. The Morgan fingerprint density at radius 3 is 2.25 bits per heavy atom. The van der Waals surface area contributed by atoms with Crippen molar-refractivity contribution in [2.45, 2.75) is 0 Å². The molecule has 0 spiro atoms. The number of carbonyl (C=O) groups excluding carboxylic acids is 3. The van der Waals surface area contributed by atoms with Crippen molar-refractivity contribution < 1.29 is 23.9 Å². The Morgan fingerprint density at radius 2 is 1.59 bits per heavy atom. The van der Waals surface area contributed by atoms with Gasteiger partial charge < -0.3 is 25.8 Å². The Bertz CT molecular complexity index is 1200. The highest BCUT2D eigenvalue weighted by molar-refractivity contribution is 6.08. The molecule has 3 rings (SSSR count). The highest BCUT2D eigenvalue weighted by Crippen LogP contribution is 2.30. The van der Waals surface area contributed by atoms with Crippen LogP contribution in [0.2, 0.25) is 0 Å². The SMILES string of the molecule is CN(C)C(=O)COC(=O)c1c(OC(=O)c2ccc(N=C(N)N)cc2)ccc2ccccc12. The molecule has 0 saturated heterocycles. The number of ether oxygens (including phenoxy) is 2. The maximum absolute atomic E-state index is 12.8. The summed E-state index contributed by atoms with van der Waals surface area (Å²) in [5, 5.41) is 1.28. The number of aliphatic imine (C=N–C) groups is 1. The number of guanidine groups is 1. The fourth-order valence-electron chi connectivity index (χ4n) is 2.86. The molecule has 1 amide bonds. The average molecular weight is 434 g/mol. The van der Waals surface area contributed by atoms with Gasteiger partial charge in [-0.2, -0.15) is 0 Å². The number of likely N-dealkylation sites (N-methyl/N-ethyl adjacent to an activating group) is 1. The summed E-state index contributed by atoms with van der Waals surface area (Å²) in [4.78, 5) is 42.6. The van der Waals surface area contributed by atoms with Crippen LogP contribution in [-0.4, -0.2) is 49.4 Å². The van der Waals surface area contributed by atoms with E-state index in [9.17, 15) is 14.4 Å². The van der Waals surface area contributed by atoms with Crippen LogP contribution in [0.5, 0.6) is 5.75 Å². The zero-order valence-corrected chi connectivity index (χ0v) is 17.6. The van der Waals surface area contributed by atoms with Crippen molar-refractivity contribution in [2.24, 2.45) is 16.5 Å². The van der Waals surface area contributed by atoms with Gasteiger partial charge in [0.25, 0.3) is 5.91 Å². The molecule has 32 heavy (non-hydrogen) atoms. The monoisotopic (exact) mass is 434 g/mol. The Balaban J connectivity index is 1.91. The summed E-state index contributed by atoms with van der Waals surface area (Å²) in [5.74, 6) is -1.92. The minimum absolute atomic E-state index is 0.0179. The maximum atomic E-state index is 12.8. The predicted octanol–water partition coefficient (Wildman–Crippen LogP) is 2.21. The standard InChI is InChI=1S/C23H22N4O5/c1-27(2)19(28)13-31-22(30)20-17-6-4-3-5-14(17)9-12-18(20)32-21(29)15-7-10-16(11-8-15)26-23(24)25/h3-12H,13H2,1-2H3,(H4,24,25,26). The lowest BCUT2D eigenvalue weighted by Crippen LogP contribution is -2.27. The van der Waals surface area contributed by atoms with E-state index < -0.39 is 18.5 Å². The third kappa shape index (κ3) is 5.20. The van der Waals surface area contributed by atoms with E-state index in [1.54, 1.807) is 44.4 Å². The molecule has 0 aliphatic heterocycles. The van der Waals surface area contributed by atoms with Crippen LogP contribution >= 0.6 is 0 Å². The Kier molecular flexibility index (Phi) is 6.69. The van der Waals surface area contributed by atoms with Crippen molar-refractivity contribution in [1.29, 1.82) is 0 Å². The second-order valence-electron chi connectivity index (χ2n) is 7.00. The van der Waals surface area contributed by atoms with Crippen LogP contribution in [0.1, 0.15) is 20.7 Å². The number of hydrogen-bond donors (Lipinski definition) is 2. The number of benzene rings is 3. The second-order valence-corrected chi connectivity index (χ2v) is 7.00. The Labute approximate surface area is 184 Å². The molecule has 3 aromatic rings. The first-order chi connectivity index (χ1) is 15.3. The van der Waals surface area contributed by atoms with Crippen molar-refractivity contribution in [1.82, 2.24) is 4.90 Å². The lowest BCUT2D eigenvalue weighted by atomic mass is 10.0. The number of hydrogen-bond acceptors (Lipinski definition) is 6. The van der Waals surface area contributed by atoms with Gasteiger partial charge in [0.05, 0.1) is 11.3 Å². The molecule has 0 unspecified atom stereocenters. The lowest BCUT2D eigenvalue weighted by Gasteiger charge is -2.14. The van der Waals surface area contributed by atoms with Crippen molar-refractivity contribution >= 4 is 40.3 Å². The molecule has 9 heteroatoms. The van der Waals surface area contributed by atoms with Crippen molar-refractivity contribution in [3.63, 3.8) is 0 Å². The van der Waals surface area contributed by atoms with Crippen LogP contribution in [0.4, 0.5) is 5.69 Å². The summed E-state index contributed by atoms with van der Waals surface area (Å²) >= 11 is 0. The van der Waals surface area contributed by atoms with Gasteiger partial charge in [0, 0.05) is 14.1 Å². The number of rotatable bonds is 6. The molecule has 164 valence electrons. The van der Waals surface area contributed by atoms with Crippen LogP contribution in [0.3, 0.4) is 0 Å². The summed E-state index contributed by atoms with van der Waals surface area (Å²) in [6, 6.07) is 16.4.